The lowest BCUT2D eigenvalue weighted by Crippen LogP contribution is -1.96. The topological polar surface area (TPSA) is 72.6 Å². The third-order valence-corrected chi connectivity index (χ3v) is 2.50. The second-order valence-electron chi connectivity index (χ2n) is 3.85. The van der Waals surface area contributed by atoms with Crippen molar-refractivity contribution < 1.29 is 23.6 Å². The average Bonchev–Trinajstić information content (AvgIpc) is 2.86. The molecule has 5 nitrogen and oxygen atoms in total. The summed E-state index contributed by atoms with van der Waals surface area (Å²) in [5, 5.41) is 12.4. The van der Waals surface area contributed by atoms with E-state index in [1.807, 2.05) is 0 Å². The Kier molecular flexibility index (Phi) is 4.12. The van der Waals surface area contributed by atoms with Crippen LogP contribution in [0.15, 0.2) is 34.9 Å². The molecule has 0 saturated heterocycles. The number of aliphatic carboxylic acids is 1. The molecule has 2 aromatic rings. The molecule has 19 heavy (non-hydrogen) atoms. The number of hydrogen-bond acceptors (Lipinski definition) is 4. The monoisotopic (exact) mass is 265 g/mol. The summed E-state index contributed by atoms with van der Waals surface area (Å²) in [7, 11) is 0. The number of carbonyl (C=O) groups is 1. The van der Waals surface area contributed by atoms with Crippen molar-refractivity contribution in [3.8, 4) is 17.0 Å². The Morgan fingerprint density at radius 2 is 2.26 bits per heavy atom. The Balaban J connectivity index is 2.13. The number of hydrogen-bond donors (Lipinski definition) is 1. The molecule has 0 atom stereocenters. The molecule has 0 aliphatic rings. The molecule has 1 aromatic carbocycles. The molecule has 2 rings (SSSR count). The highest BCUT2D eigenvalue weighted by Crippen LogP contribution is 2.24. The van der Waals surface area contributed by atoms with Crippen LogP contribution >= 0.6 is 0 Å². The highest BCUT2D eigenvalue weighted by molar-refractivity contribution is 5.67. The van der Waals surface area contributed by atoms with E-state index in [9.17, 15) is 9.18 Å². The summed E-state index contributed by atoms with van der Waals surface area (Å²) in [4.78, 5) is 10.5. The van der Waals surface area contributed by atoms with Crippen molar-refractivity contribution in [1.29, 1.82) is 0 Å². The van der Waals surface area contributed by atoms with Crippen molar-refractivity contribution in [2.24, 2.45) is 0 Å². The SMILES string of the molecule is O=C(O)CCc1cc(-c2cccc(OCF)c2)no1. The highest BCUT2D eigenvalue weighted by atomic mass is 19.1. The maximum Gasteiger partial charge on any atom is 0.303 e. The molecule has 0 fully saturated rings. The largest absolute Gasteiger partial charge is 0.481 e. The lowest BCUT2D eigenvalue weighted by molar-refractivity contribution is -0.137. The van der Waals surface area contributed by atoms with E-state index in [4.69, 9.17) is 14.4 Å². The molecule has 0 spiro atoms. The van der Waals surface area contributed by atoms with Crippen LogP contribution in [0.2, 0.25) is 0 Å². The van der Waals surface area contributed by atoms with Crippen molar-refractivity contribution in [1.82, 2.24) is 5.16 Å². The fourth-order valence-electron chi connectivity index (χ4n) is 1.61. The zero-order valence-corrected chi connectivity index (χ0v) is 10.0. The maximum absolute atomic E-state index is 12.1. The first-order chi connectivity index (χ1) is 9.19. The fraction of sp³-hybridized carbons (Fsp3) is 0.231. The van der Waals surface area contributed by atoms with Gasteiger partial charge in [0.2, 0.25) is 6.86 Å². The molecule has 0 unspecified atom stereocenters. The van der Waals surface area contributed by atoms with Crippen LogP contribution in [0.25, 0.3) is 11.3 Å². The summed E-state index contributed by atoms with van der Waals surface area (Å²) in [6.07, 6.45) is 0.267. The molecule has 1 heterocycles. The molecule has 1 aromatic heterocycles. The second-order valence-corrected chi connectivity index (χ2v) is 3.85. The van der Waals surface area contributed by atoms with Crippen molar-refractivity contribution in [3.05, 3.63) is 36.1 Å². The van der Waals surface area contributed by atoms with Gasteiger partial charge < -0.3 is 14.4 Å². The van der Waals surface area contributed by atoms with Gasteiger partial charge in [-0.1, -0.05) is 17.3 Å². The van der Waals surface area contributed by atoms with Gasteiger partial charge >= 0.3 is 5.97 Å². The van der Waals surface area contributed by atoms with Crippen LogP contribution < -0.4 is 4.74 Å². The van der Waals surface area contributed by atoms with Crippen LogP contribution in [0.1, 0.15) is 12.2 Å². The van der Waals surface area contributed by atoms with Gasteiger partial charge in [-0.25, -0.2) is 4.39 Å². The lowest BCUT2D eigenvalue weighted by Gasteiger charge is -2.01. The van der Waals surface area contributed by atoms with Gasteiger partial charge in [0.05, 0.1) is 6.42 Å². The number of halogens is 1. The summed E-state index contributed by atoms with van der Waals surface area (Å²) in [5.74, 6) is 0.000548. The second kappa shape index (κ2) is 5.99. The Hall–Kier alpha value is -2.37. The number of benzene rings is 1. The zero-order chi connectivity index (χ0) is 13.7. The molecule has 6 heteroatoms. The van der Waals surface area contributed by atoms with Crippen molar-refractivity contribution in [2.45, 2.75) is 12.8 Å². The predicted octanol–water partition coefficient (Wildman–Crippen LogP) is 2.66. The molecular weight excluding hydrogens is 253 g/mol. The minimum absolute atomic E-state index is 0.0143. The molecule has 100 valence electrons. The number of aromatic nitrogens is 1. The highest BCUT2D eigenvalue weighted by Gasteiger charge is 2.09. The number of carboxylic acids is 1. The van der Waals surface area contributed by atoms with Crippen molar-refractivity contribution in [2.75, 3.05) is 6.86 Å². The zero-order valence-electron chi connectivity index (χ0n) is 10.0. The standard InChI is InChI=1S/C13H12FNO4/c14-8-18-10-3-1-2-9(6-10)12-7-11(19-15-12)4-5-13(16)17/h1-3,6-7H,4-5,8H2,(H,16,17). The number of ether oxygens (including phenoxy) is 1. The quantitative estimate of drug-likeness (QED) is 0.869. The Labute approximate surface area is 108 Å². The van der Waals surface area contributed by atoms with Gasteiger partial charge in [-0.3, -0.25) is 4.79 Å². The van der Waals surface area contributed by atoms with Gasteiger partial charge in [-0.15, -0.1) is 0 Å². The van der Waals surface area contributed by atoms with E-state index in [1.165, 1.54) is 0 Å². The summed E-state index contributed by atoms with van der Waals surface area (Å²) in [6.45, 7) is -0.897. The first kappa shape index (κ1) is 13.1. The molecule has 0 bridgehead atoms. The van der Waals surface area contributed by atoms with Crippen molar-refractivity contribution >= 4 is 5.97 Å². The van der Waals surface area contributed by atoms with Crippen LogP contribution in [-0.2, 0) is 11.2 Å². The van der Waals surface area contributed by atoms with Crippen LogP contribution in [0, 0.1) is 0 Å². The number of carboxylic acid groups (broad SMARTS) is 1. The van der Waals surface area contributed by atoms with Crippen LogP contribution in [-0.4, -0.2) is 23.1 Å². The van der Waals surface area contributed by atoms with Gasteiger partial charge in [0.25, 0.3) is 0 Å². The van der Waals surface area contributed by atoms with Gasteiger partial charge in [0.15, 0.2) is 0 Å². The van der Waals surface area contributed by atoms with E-state index < -0.39 is 12.8 Å². The summed E-state index contributed by atoms with van der Waals surface area (Å²) >= 11 is 0. The van der Waals surface area contributed by atoms with E-state index in [0.717, 1.165) is 5.56 Å². The Morgan fingerprint density at radius 1 is 1.42 bits per heavy atom. The average molecular weight is 265 g/mol. The summed E-state index contributed by atoms with van der Waals surface area (Å²) in [5.41, 5.74) is 1.28. The molecule has 1 N–H and O–H groups in total. The molecule has 0 aliphatic heterocycles. The van der Waals surface area contributed by atoms with E-state index in [2.05, 4.69) is 5.16 Å². The first-order valence-electron chi connectivity index (χ1n) is 5.65. The first-order valence-corrected chi connectivity index (χ1v) is 5.65. The minimum atomic E-state index is -0.897. The third-order valence-electron chi connectivity index (χ3n) is 2.50. The van der Waals surface area contributed by atoms with Gasteiger partial charge in [-0.05, 0) is 12.1 Å². The van der Waals surface area contributed by atoms with Crippen LogP contribution in [0.3, 0.4) is 0 Å². The van der Waals surface area contributed by atoms with E-state index >= 15 is 0 Å². The fourth-order valence-corrected chi connectivity index (χ4v) is 1.61. The van der Waals surface area contributed by atoms with E-state index in [0.29, 0.717) is 17.2 Å². The van der Waals surface area contributed by atoms with E-state index in [-0.39, 0.29) is 12.8 Å². The van der Waals surface area contributed by atoms with Crippen LogP contribution in [0.5, 0.6) is 5.75 Å². The maximum atomic E-state index is 12.1. The van der Waals surface area contributed by atoms with Gasteiger partial charge in [-0.2, -0.15) is 0 Å². The number of rotatable bonds is 6. The van der Waals surface area contributed by atoms with Gasteiger partial charge in [0.1, 0.15) is 17.2 Å². The number of nitrogens with zero attached hydrogens (tertiary/aromatic N) is 1. The third kappa shape index (κ3) is 3.54. The van der Waals surface area contributed by atoms with Crippen LogP contribution in [0.4, 0.5) is 4.39 Å². The Bertz CT molecular complexity index is 567. The van der Waals surface area contributed by atoms with E-state index in [1.54, 1.807) is 30.3 Å². The predicted molar refractivity (Wildman–Crippen MR) is 64.5 cm³/mol. The molecule has 0 saturated carbocycles. The molecule has 0 aliphatic carbocycles. The van der Waals surface area contributed by atoms with Gasteiger partial charge in [0, 0.05) is 18.1 Å². The van der Waals surface area contributed by atoms with Crippen molar-refractivity contribution in [3.63, 3.8) is 0 Å². The Morgan fingerprint density at radius 3 is 3.00 bits per heavy atom. The normalized spacial score (nSPS) is 10.4. The molecule has 0 amide bonds. The molecule has 0 radical (unpaired) electrons. The number of aryl methyl sites for hydroxylation is 1. The molecular formula is C13H12FNO4. The lowest BCUT2D eigenvalue weighted by atomic mass is 10.1. The smallest absolute Gasteiger partial charge is 0.303 e. The number of alkyl halides is 1. The summed E-state index contributed by atoms with van der Waals surface area (Å²) in [6, 6.07) is 8.43. The minimum Gasteiger partial charge on any atom is -0.481 e. The summed E-state index contributed by atoms with van der Waals surface area (Å²) < 4.78 is 21.9.